The number of anilines is 2. The van der Waals surface area contributed by atoms with Crippen molar-refractivity contribution in [1.29, 1.82) is 0 Å². The van der Waals surface area contributed by atoms with Gasteiger partial charge in [0.1, 0.15) is 5.69 Å². The fourth-order valence-electron chi connectivity index (χ4n) is 3.06. The fourth-order valence-corrected chi connectivity index (χ4v) is 3.06. The minimum Gasteiger partial charge on any atom is -0.271 e. The second-order valence-corrected chi connectivity index (χ2v) is 5.62. The molecule has 5 heteroatoms. The van der Waals surface area contributed by atoms with Gasteiger partial charge in [0.25, 0.3) is 5.91 Å². The summed E-state index contributed by atoms with van der Waals surface area (Å²) in [7, 11) is 0. The molecule has 0 radical (unpaired) electrons. The Morgan fingerprint density at radius 3 is 2.52 bits per heavy atom. The van der Waals surface area contributed by atoms with Crippen molar-refractivity contribution in [1.82, 2.24) is 0 Å². The Labute approximate surface area is 133 Å². The first-order chi connectivity index (χ1) is 11.2. The monoisotopic (exact) mass is 306 g/mol. The molecule has 1 unspecified atom stereocenters. The molecule has 0 saturated carbocycles. The number of benzene rings is 2. The van der Waals surface area contributed by atoms with Crippen LogP contribution < -0.4 is 14.8 Å². The number of para-hydroxylation sites is 2. The molecule has 4 rings (SSSR count). The van der Waals surface area contributed by atoms with Crippen molar-refractivity contribution in [2.24, 2.45) is 0 Å². The summed E-state index contributed by atoms with van der Waals surface area (Å²) in [5, 5.41) is 0. The highest BCUT2D eigenvalue weighted by molar-refractivity contribution is 6.33. The molecule has 1 fully saturated rings. The van der Waals surface area contributed by atoms with Crippen molar-refractivity contribution in [2.75, 3.05) is 9.80 Å². The standard InChI is InChI=1S/C18H15N3O2/c1-2-12-7-9-13(10-8-12)20-17(22)16-11-19-14-5-3-4-6-15(14)21(16)18(20)23/h3-11,16H,2H2,1H3/p+1. The number of nitrogens with one attached hydrogen (secondary N) is 1. The number of nitrogens with zero attached hydrogens (tertiary/aromatic N) is 2. The number of aryl methyl sites for hydroxylation is 1. The van der Waals surface area contributed by atoms with Crippen molar-refractivity contribution in [3.05, 3.63) is 54.1 Å². The number of urea groups is 1. The van der Waals surface area contributed by atoms with Crippen LogP contribution in [0.4, 0.5) is 21.9 Å². The average Bonchev–Trinajstić information content (AvgIpc) is 2.86. The number of carbonyl (C=O) groups excluding carboxylic acids is 2. The van der Waals surface area contributed by atoms with E-state index in [0.29, 0.717) is 5.69 Å². The topological polar surface area (TPSA) is 54.6 Å². The lowest BCUT2D eigenvalue weighted by molar-refractivity contribution is -0.350. The number of rotatable bonds is 2. The van der Waals surface area contributed by atoms with Gasteiger partial charge in [-0.25, -0.2) is 14.7 Å². The SMILES string of the molecule is CCc1ccc(N2C(=O)C3C=[NH+]c4ccccc4N3C2=O)cc1. The molecule has 0 spiro atoms. The first kappa shape index (κ1) is 13.7. The number of fused-ring (bicyclic) bond motifs is 3. The van der Waals surface area contributed by atoms with Gasteiger partial charge >= 0.3 is 6.03 Å². The minimum atomic E-state index is -0.608. The predicted molar refractivity (Wildman–Crippen MR) is 88.1 cm³/mol. The van der Waals surface area contributed by atoms with Crippen LogP contribution in [0.2, 0.25) is 0 Å². The van der Waals surface area contributed by atoms with E-state index in [-0.39, 0.29) is 11.9 Å². The van der Waals surface area contributed by atoms with Gasteiger partial charge < -0.3 is 0 Å². The summed E-state index contributed by atoms with van der Waals surface area (Å²) in [6.07, 6.45) is 2.59. The van der Waals surface area contributed by atoms with Crippen LogP contribution in [0, 0.1) is 0 Å². The molecular weight excluding hydrogens is 290 g/mol. The molecule has 5 nitrogen and oxygen atoms in total. The lowest BCUT2D eigenvalue weighted by Crippen LogP contribution is -2.69. The second-order valence-electron chi connectivity index (χ2n) is 5.62. The largest absolute Gasteiger partial charge is 0.337 e. The van der Waals surface area contributed by atoms with E-state index in [4.69, 9.17) is 0 Å². The van der Waals surface area contributed by atoms with Crippen LogP contribution in [0.5, 0.6) is 0 Å². The number of carbonyl (C=O) groups is 2. The van der Waals surface area contributed by atoms with Gasteiger partial charge in [-0.1, -0.05) is 31.2 Å². The van der Waals surface area contributed by atoms with Gasteiger partial charge in [-0.05, 0) is 30.2 Å². The van der Waals surface area contributed by atoms with E-state index in [1.54, 1.807) is 11.1 Å². The van der Waals surface area contributed by atoms with Gasteiger partial charge in [0.05, 0.1) is 5.69 Å². The van der Waals surface area contributed by atoms with Crippen LogP contribution in [0.1, 0.15) is 12.5 Å². The third-order valence-corrected chi connectivity index (χ3v) is 4.31. The Morgan fingerprint density at radius 1 is 1.04 bits per heavy atom. The van der Waals surface area contributed by atoms with Gasteiger partial charge in [0, 0.05) is 6.07 Å². The van der Waals surface area contributed by atoms with Crippen molar-refractivity contribution in [2.45, 2.75) is 19.4 Å². The van der Waals surface area contributed by atoms with Gasteiger partial charge in [-0.3, -0.25) is 9.69 Å². The van der Waals surface area contributed by atoms with Crippen molar-refractivity contribution in [3.8, 4) is 0 Å². The van der Waals surface area contributed by atoms with Crippen LogP contribution in [0.25, 0.3) is 0 Å². The molecule has 1 saturated heterocycles. The van der Waals surface area contributed by atoms with Crippen LogP contribution in [0.15, 0.2) is 48.5 Å². The molecule has 114 valence electrons. The minimum absolute atomic E-state index is 0.235. The zero-order valence-corrected chi connectivity index (χ0v) is 12.7. The molecular formula is C18H16N3O2+. The van der Waals surface area contributed by atoms with Crippen molar-refractivity contribution >= 4 is 35.2 Å². The number of hydrogen-bond acceptors (Lipinski definition) is 2. The van der Waals surface area contributed by atoms with Gasteiger partial charge in [-0.2, -0.15) is 0 Å². The molecule has 0 aromatic heterocycles. The smallest absolute Gasteiger partial charge is 0.271 e. The highest BCUT2D eigenvalue weighted by Crippen LogP contribution is 2.33. The maximum Gasteiger partial charge on any atom is 0.337 e. The summed E-state index contributed by atoms with van der Waals surface area (Å²) < 4.78 is 0. The molecule has 2 aliphatic heterocycles. The van der Waals surface area contributed by atoms with Crippen molar-refractivity contribution in [3.63, 3.8) is 0 Å². The zero-order chi connectivity index (χ0) is 16.0. The number of hydrogen-bond donors (Lipinski definition) is 1. The van der Waals surface area contributed by atoms with Gasteiger partial charge in [0.15, 0.2) is 12.3 Å². The summed E-state index contributed by atoms with van der Waals surface area (Å²) in [5.74, 6) is -0.235. The Balaban J connectivity index is 1.76. The van der Waals surface area contributed by atoms with Gasteiger partial charge in [0.2, 0.25) is 5.69 Å². The third kappa shape index (κ3) is 1.97. The number of imide groups is 1. The Kier molecular flexibility index (Phi) is 3.01. The summed E-state index contributed by atoms with van der Waals surface area (Å²) >= 11 is 0. The first-order valence-corrected chi connectivity index (χ1v) is 7.65. The van der Waals surface area contributed by atoms with Crippen LogP contribution in [0.3, 0.4) is 0 Å². The maximum atomic E-state index is 12.9. The average molecular weight is 306 g/mol. The van der Waals surface area contributed by atoms with Crippen molar-refractivity contribution < 1.29 is 14.6 Å². The lowest BCUT2D eigenvalue weighted by atomic mass is 10.1. The van der Waals surface area contributed by atoms with Crippen LogP contribution in [-0.2, 0) is 11.2 Å². The Hall–Kier alpha value is -2.95. The Morgan fingerprint density at radius 2 is 1.78 bits per heavy atom. The van der Waals surface area contributed by atoms with E-state index in [1.165, 1.54) is 10.5 Å². The number of amides is 3. The molecule has 0 bridgehead atoms. The molecule has 2 aromatic carbocycles. The normalized spacial score (nSPS) is 19.1. The van der Waals surface area contributed by atoms with Gasteiger partial charge in [-0.15, -0.1) is 0 Å². The second kappa shape index (κ2) is 5.05. The molecule has 2 aliphatic rings. The molecule has 23 heavy (non-hydrogen) atoms. The maximum absolute atomic E-state index is 12.9. The lowest BCUT2D eigenvalue weighted by Gasteiger charge is -2.20. The Bertz CT molecular complexity index is 826. The zero-order valence-electron chi connectivity index (χ0n) is 12.7. The summed E-state index contributed by atoms with van der Waals surface area (Å²) in [6.45, 7) is 2.07. The van der Waals surface area contributed by atoms with E-state index in [0.717, 1.165) is 17.8 Å². The predicted octanol–water partition coefficient (Wildman–Crippen LogP) is 1.39. The van der Waals surface area contributed by atoms with Crippen LogP contribution >= 0.6 is 0 Å². The van der Waals surface area contributed by atoms with E-state index in [1.807, 2.05) is 48.5 Å². The highest BCUT2D eigenvalue weighted by atomic mass is 16.2. The van der Waals surface area contributed by atoms with E-state index < -0.39 is 6.04 Å². The molecule has 3 amide bonds. The fraction of sp³-hybridized carbons (Fsp3) is 0.167. The third-order valence-electron chi connectivity index (χ3n) is 4.31. The molecule has 2 heterocycles. The molecule has 1 N–H and O–H groups in total. The highest BCUT2D eigenvalue weighted by Gasteiger charge is 2.50. The first-order valence-electron chi connectivity index (χ1n) is 7.65. The quantitative estimate of drug-likeness (QED) is 0.853. The summed E-state index contributed by atoms with van der Waals surface area (Å²) in [4.78, 5) is 31.5. The molecule has 1 atom stereocenters. The van der Waals surface area contributed by atoms with Crippen LogP contribution in [-0.4, -0.2) is 24.2 Å². The van der Waals surface area contributed by atoms with E-state index in [9.17, 15) is 9.59 Å². The van der Waals surface area contributed by atoms with E-state index >= 15 is 0 Å². The molecule has 0 aliphatic carbocycles. The van der Waals surface area contributed by atoms with E-state index in [2.05, 4.69) is 11.9 Å². The molecule has 2 aromatic rings. The summed E-state index contributed by atoms with van der Waals surface area (Å²) in [5.41, 5.74) is 3.33. The summed E-state index contributed by atoms with van der Waals surface area (Å²) in [6, 6.07) is 14.1.